The third kappa shape index (κ3) is 3.06. The van der Waals surface area contributed by atoms with Crippen LogP contribution in [0.25, 0.3) is 22.4 Å². The first kappa shape index (κ1) is 17.3. The number of hydrogen-bond acceptors (Lipinski definition) is 6. The Labute approximate surface area is 170 Å². The molecule has 0 amide bonds. The van der Waals surface area contributed by atoms with Crippen molar-refractivity contribution >= 4 is 33.8 Å². The molecule has 1 aliphatic heterocycles. The first-order valence-corrected chi connectivity index (χ1v) is 11.0. The van der Waals surface area contributed by atoms with Gasteiger partial charge in [-0.15, -0.1) is 5.10 Å². The van der Waals surface area contributed by atoms with Crippen LogP contribution >= 0.6 is 0 Å². The third-order valence-corrected chi connectivity index (χ3v) is 7.20. The van der Waals surface area contributed by atoms with Crippen LogP contribution in [0, 0.1) is 0 Å². The zero-order valence-corrected chi connectivity index (χ0v) is 16.6. The van der Waals surface area contributed by atoms with Gasteiger partial charge in [-0.05, 0) is 29.4 Å². The summed E-state index contributed by atoms with van der Waals surface area (Å²) >= 11 is -0.941. The van der Waals surface area contributed by atoms with Crippen molar-refractivity contribution in [3.63, 3.8) is 0 Å². The molecule has 6 rings (SSSR count). The van der Waals surface area contributed by atoms with E-state index >= 15 is 0 Å². The minimum Gasteiger partial charge on any atom is -0.611 e. The normalized spacial score (nSPS) is 18.6. The van der Waals surface area contributed by atoms with E-state index in [0.717, 1.165) is 59.1 Å². The number of pyridine rings is 2. The van der Waals surface area contributed by atoms with E-state index in [0.29, 0.717) is 18.5 Å². The Morgan fingerprint density at radius 2 is 2.00 bits per heavy atom. The van der Waals surface area contributed by atoms with Crippen molar-refractivity contribution in [1.29, 1.82) is 0 Å². The molecule has 2 fully saturated rings. The zero-order valence-electron chi connectivity index (χ0n) is 15.8. The molecular weight excluding hydrogens is 388 g/mol. The van der Waals surface area contributed by atoms with Crippen LogP contribution < -0.4 is 4.90 Å². The highest BCUT2D eigenvalue weighted by atomic mass is 32.2. The minimum absolute atomic E-state index is 0.312. The van der Waals surface area contributed by atoms with Crippen LogP contribution in [0.3, 0.4) is 0 Å². The second-order valence-corrected chi connectivity index (χ2v) is 9.20. The van der Waals surface area contributed by atoms with Crippen LogP contribution in [0.1, 0.15) is 12.8 Å². The van der Waals surface area contributed by atoms with Crippen molar-refractivity contribution in [2.24, 2.45) is 0 Å². The lowest BCUT2D eigenvalue weighted by Crippen LogP contribution is -2.36. The van der Waals surface area contributed by atoms with Gasteiger partial charge in [0.1, 0.15) is 10.9 Å². The summed E-state index contributed by atoms with van der Waals surface area (Å²) in [7, 11) is 0. The molecule has 1 saturated heterocycles. The van der Waals surface area contributed by atoms with Gasteiger partial charge < -0.3 is 14.2 Å². The van der Waals surface area contributed by atoms with E-state index < -0.39 is 11.2 Å². The van der Waals surface area contributed by atoms with Gasteiger partial charge in [0.2, 0.25) is 5.95 Å². The summed E-state index contributed by atoms with van der Waals surface area (Å²) in [5.74, 6) is 0.730. The largest absolute Gasteiger partial charge is 0.611 e. The highest BCUT2D eigenvalue weighted by Crippen LogP contribution is 2.34. The molecule has 2 aliphatic rings. The second kappa shape index (κ2) is 6.72. The van der Waals surface area contributed by atoms with Gasteiger partial charge in [-0.3, -0.25) is 4.57 Å². The Morgan fingerprint density at radius 1 is 1.14 bits per heavy atom. The van der Waals surface area contributed by atoms with E-state index in [1.54, 1.807) is 6.20 Å². The highest BCUT2D eigenvalue weighted by Gasteiger charge is 2.36. The number of anilines is 1. The smallest absolute Gasteiger partial charge is 0.245 e. The van der Waals surface area contributed by atoms with E-state index in [1.807, 2.05) is 45.7 Å². The molecule has 9 heteroatoms. The SMILES string of the molecule is [O-][S+](c1cnc2c(ccn2-c2ccc3nc(N4CCOCC4)nn3c2)c1)C1CC1. The maximum Gasteiger partial charge on any atom is 0.245 e. The average molecular weight is 408 g/mol. The minimum atomic E-state index is -0.941. The molecule has 4 aromatic rings. The number of ether oxygens (including phenoxy) is 1. The van der Waals surface area contributed by atoms with Crippen LogP contribution in [0.15, 0.2) is 47.8 Å². The van der Waals surface area contributed by atoms with Crippen LogP contribution in [0.5, 0.6) is 0 Å². The second-order valence-electron chi connectivity index (χ2n) is 7.47. The van der Waals surface area contributed by atoms with Crippen LogP contribution in [-0.4, -0.2) is 60.3 Å². The molecule has 1 saturated carbocycles. The molecule has 0 N–H and O–H groups in total. The molecule has 148 valence electrons. The first-order chi connectivity index (χ1) is 14.3. The van der Waals surface area contributed by atoms with Crippen molar-refractivity contribution in [2.45, 2.75) is 23.0 Å². The average Bonchev–Trinajstić information content (AvgIpc) is 3.39. The summed E-state index contributed by atoms with van der Waals surface area (Å²) in [6.45, 7) is 3.02. The van der Waals surface area contributed by atoms with Crippen molar-refractivity contribution in [3.05, 3.63) is 42.9 Å². The molecule has 1 unspecified atom stereocenters. The molecule has 5 heterocycles. The number of rotatable bonds is 4. The molecule has 8 nitrogen and oxygen atoms in total. The topological polar surface area (TPSA) is 83.5 Å². The Bertz CT molecular complexity index is 1190. The molecule has 29 heavy (non-hydrogen) atoms. The molecule has 0 spiro atoms. The van der Waals surface area contributed by atoms with Crippen molar-refractivity contribution in [1.82, 2.24) is 24.1 Å². The first-order valence-electron chi connectivity index (χ1n) is 9.83. The van der Waals surface area contributed by atoms with Gasteiger partial charge in [-0.2, -0.15) is 4.98 Å². The van der Waals surface area contributed by atoms with Crippen LogP contribution in [0.4, 0.5) is 5.95 Å². The predicted octanol–water partition coefficient (Wildman–Crippen LogP) is 2.17. The van der Waals surface area contributed by atoms with E-state index in [-0.39, 0.29) is 0 Å². The summed E-state index contributed by atoms with van der Waals surface area (Å²) in [4.78, 5) is 12.2. The quantitative estimate of drug-likeness (QED) is 0.481. The lowest BCUT2D eigenvalue weighted by atomic mass is 10.3. The van der Waals surface area contributed by atoms with Crippen molar-refractivity contribution < 1.29 is 9.29 Å². The van der Waals surface area contributed by atoms with Gasteiger partial charge in [0.05, 0.1) is 31.3 Å². The Kier molecular flexibility index (Phi) is 4.00. The maximum absolute atomic E-state index is 12.4. The maximum atomic E-state index is 12.4. The van der Waals surface area contributed by atoms with Gasteiger partial charge in [0, 0.05) is 43.6 Å². The number of nitrogens with zero attached hydrogens (tertiary/aromatic N) is 6. The summed E-state index contributed by atoms with van der Waals surface area (Å²) in [5, 5.41) is 5.95. The lowest BCUT2D eigenvalue weighted by Gasteiger charge is -2.25. The molecule has 1 aliphatic carbocycles. The van der Waals surface area contributed by atoms with E-state index in [9.17, 15) is 4.55 Å². The molecule has 0 radical (unpaired) electrons. The molecule has 0 aromatic carbocycles. The summed E-state index contributed by atoms with van der Waals surface area (Å²) < 4.78 is 21.7. The molecule has 1 atom stereocenters. The van der Waals surface area contributed by atoms with Gasteiger partial charge in [-0.1, -0.05) is 0 Å². The highest BCUT2D eigenvalue weighted by molar-refractivity contribution is 7.92. The molecule has 0 bridgehead atoms. The number of aromatic nitrogens is 5. The van der Waals surface area contributed by atoms with E-state index in [2.05, 4.69) is 20.0 Å². The van der Waals surface area contributed by atoms with E-state index in [4.69, 9.17) is 4.74 Å². The fraction of sp³-hybridized carbons (Fsp3) is 0.350. The third-order valence-electron chi connectivity index (χ3n) is 5.44. The standard InChI is InChI=1S/C20H20N6O2S/c27-29(16-2-3-16)17-11-14-5-6-25(19(14)21-12-17)15-1-4-18-22-20(23-26(18)13-15)24-7-9-28-10-8-24/h1,4-6,11-13,16H,2-3,7-10H2. The van der Waals surface area contributed by atoms with Gasteiger partial charge in [0.15, 0.2) is 10.5 Å². The zero-order chi connectivity index (χ0) is 19.4. The fourth-order valence-electron chi connectivity index (χ4n) is 3.70. The van der Waals surface area contributed by atoms with E-state index in [1.165, 1.54) is 0 Å². The number of hydrogen-bond donors (Lipinski definition) is 0. The van der Waals surface area contributed by atoms with Crippen LogP contribution in [0.2, 0.25) is 0 Å². The number of morpholine rings is 1. The van der Waals surface area contributed by atoms with Crippen LogP contribution in [-0.2, 0) is 15.9 Å². The van der Waals surface area contributed by atoms with Crippen molar-refractivity contribution in [2.75, 3.05) is 31.2 Å². The predicted molar refractivity (Wildman–Crippen MR) is 110 cm³/mol. The Balaban J connectivity index is 1.35. The monoisotopic (exact) mass is 408 g/mol. The molecular formula is C20H20N6O2S. The molecule has 4 aromatic heterocycles. The summed E-state index contributed by atoms with van der Waals surface area (Å²) in [6.07, 6.45) is 7.80. The van der Waals surface area contributed by atoms with Crippen molar-refractivity contribution in [3.8, 4) is 5.69 Å². The fourth-order valence-corrected chi connectivity index (χ4v) is 5.05. The summed E-state index contributed by atoms with van der Waals surface area (Å²) in [6, 6.07) is 8.00. The lowest BCUT2D eigenvalue weighted by molar-refractivity contribution is 0.122. The van der Waals surface area contributed by atoms with Gasteiger partial charge >= 0.3 is 0 Å². The van der Waals surface area contributed by atoms with Gasteiger partial charge in [-0.25, -0.2) is 9.50 Å². The number of fused-ring (bicyclic) bond motifs is 2. The van der Waals surface area contributed by atoms with Gasteiger partial charge in [0.25, 0.3) is 0 Å². The summed E-state index contributed by atoms with van der Waals surface area (Å²) in [5.41, 5.74) is 2.60. The Morgan fingerprint density at radius 3 is 2.83 bits per heavy atom. The Hall–Kier alpha value is -2.62.